The summed E-state index contributed by atoms with van der Waals surface area (Å²) < 4.78 is 5.70. The van der Waals surface area contributed by atoms with Gasteiger partial charge >= 0.3 is 0 Å². The van der Waals surface area contributed by atoms with E-state index in [2.05, 4.69) is 22.2 Å². The van der Waals surface area contributed by atoms with Gasteiger partial charge in [0.2, 0.25) is 0 Å². The van der Waals surface area contributed by atoms with Gasteiger partial charge in [-0.3, -0.25) is 4.98 Å². The Kier molecular flexibility index (Phi) is 5.56. The Morgan fingerprint density at radius 3 is 2.52 bits per heavy atom. The summed E-state index contributed by atoms with van der Waals surface area (Å²) >= 11 is 0. The summed E-state index contributed by atoms with van der Waals surface area (Å²) in [7, 11) is 0. The number of fused-ring (bicyclic) bond motifs is 1. The van der Waals surface area contributed by atoms with E-state index in [4.69, 9.17) is 4.74 Å². The molecule has 0 radical (unpaired) electrons. The topological polar surface area (TPSA) is 67.3 Å². The zero-order valence-electron chi connectivity index (χ0n) is 16.2. The van der Waals surface area contributed by atoms with Crippen LogP contribution >= 0.6 is 0 Å². The molecule has 0 unspecified atom stereocenters. The van der Waals surface area contributed by atoms with Crippen molar-refractivity contribution in [3.05, 3.63) is 90.3 Å². The number of anilines is 1. The summed E-state index contributed by atoms with van der Waals surface area (Å²) in [4.78, 5) is 8.75. The summed E-state index contributed by atoms with van der Waals surface area (Å²) in [6.07, 6.45) is 4.39. The molecule has 5 nitrogen and oxygen atoms in total. The van der Waals surface area contributed by atoms with Crippen molar-refractivity contribution in [3.8, 4) is 11.5 Å². The highest BCUT2D eigenvalue weighted by molar-refractivity contribution is 5.86. The van der Waals surface area contributed by atoms with Crippen molar-refractivity contribution in [3.63, 3.8) is 0 Å². The molecule has 29 heavy (non-hydrogen) atoms. The summed E-state index contributed by atoms with van der Waals surface area (Å²) in [5, 5.41) is 15.3. The Morgan fingerprint density at radius 1 is 0.931 bits per heavy atom. The van der Waals surface area contributed by atoms with Crippen LogP contribution in [0.4, 0.5) is 5.82 Å². The number of phenolic OH excluding ortho intramolecular Hbond substituents is 1. The highest BCUT2D eigenvalue weighted by atomic mass is 16.5. The van der Waals surface area contributed by atoms with Crippen LogP contribution in [-0.4, -0.2) is 21.7 Å². The fraction of sp³-hybridized carbons (Fsp3) is 0.167. The van der Waals surface area contributed by atoms with Crippen molar-refractivity contribution in [1.82, 2.24) is 9.97 Å². The number of benzene rings is 2. The molecule has 4 aromatic rings. The standard InChI is InChI=1S/C24H23N3O2/c1-2-16-29-19-11-8-18(9-12-19)22(27-21-7-3-4-14-25-21)20-13-10-17-6-5-15-26-23(17)24(20)28/h3-15,22,28H,2,16H2,1H3,(H,25,27)/t22-/m0/s1. The van der Waals surface area contributed by atoms with E-state index in [9.17, 15) is 5.11 Å². The van der Waals surface area contributed by atoms with Crippen LogP contribution in [0.5, 0.6) is 11.5 Å². The number of ether oxygens (including phenoxy) is 1. The van der Waals surface area contributed by atoms with Gasteiger partial charge in [0, 0.05) is 23.3 Å². The monoisotopic (exact) mass is 385 g/mol. The molecule has 0 aliphatic carbocycles. The Bertz CT molecular complexity index is 1080. The molecule has 2 heterocycles. The van der Waals surface area contributed by atoms with Gasteiger partial charge in [-0.25, -0.2) is 4.98 Å². The minimum atomic E-state index is -0.295. The zero-order valence-corrected chi connectivity index (χ0v) is 16.2. The molecular formula is C24H23N3O2. The maximum atomic E-state index is 11.0. The molecule has 0 fully saturated rings. The van der Waals surface area contributed by atoms with Crippen LogP contribution in [0.15, 0.2) is 79.1 Å². The fourth-order valence-electron chi connectivity index (χ4n) is 3.29. The first-order valence-corrected chi connectivity index (χ1v) is 9.73. The molecule has 1 atom stereocenters. The van der Waals surface area contributed by atoms with E-state index < -0.39 is 0 Å². The molecule has 5 heteroatoms. The lowest BCUT2D eigenvalue weighted by atomic mass is 9.96. The Morgan fingerprint density at radius 2 is 1.76 bits per heavy atom. The lowest BCUT2D eigenvalue weighted by Gasteiger charge is -2.22. The largest absolute Gasteiger partial charge is 0.505 e. The molecule has 0 amide bonds. The molecular weight excluding hydrogens is 362 g/mol. The molecule has 2 N–H and O–H groups in total. The van der Waals surface area contributed by atoms with E-state index in [1.54, 1.807) is 12.4 Å². The minimum Gasteiger partial charge on any atom is -0.505 e. The van der Waals surface area contributed by atoms with Crippen LogP contribution in [0.25, 0.3) is 10.9 Å². The van der Waals surface area contributed by atoms with E-state index in [0.29, 0.717) is 12.1 Å². The molecule has 0 saturated carbocycles. The van der Waals surface area contributed by atoms with Crippen LogP contribution in [-0.2, 0) is 0 Å². The second-order valence-corrected chi connectivity index (χ2v) is 6.79. The van der Waals surface area contributed by atoms with E-state index in [1.165, 1.54) is 0 Å². The number of hydrogen-bond acceptors (Lipinski definition) is 5. The highest BCUT2D eigenvalue weighted by Crippen LogP contribution is 2.36. The lowest BCUT2D eigenvalue weighted by molar-refractivity contribution is 0.317. The molecule has 4 rings (SSSR count). The van der Waals surface area contributed by atoms with Crippen molar-refractivity contribution >= 4 is 16.7 Å². The summed E-state index contributed by atoms with van der Waals surface area (Å²) in [6, 6.07) is 21.0. The Labute approximate surface area is 170 Å². The summed E-state index contributed by atoms with van der Waals surface area (Å²) in [6.45, 7) is 2.77. The van der Waals surface area contributed by atoms with Gasteiger partial charge in [0.05, 0.1) is 12.6 Å². The molecule has 0 spiro atoms. The Hall–Kier alpha value is -3.60. The summed E-state index contributed by atoms with van der Waals surface area (Å²) in [5.74, 6) is 1.73. The zero-order chi connectivity index (χ0) is 20.1. The quantitative estimate of drug-likeness (QED) is 0.450. The van der Waals surface area contributed by atoms with Crippen LogP contribution in [0.2, 0.25) is 0 Å². The van der Waals surface area contributed by atoms with Gasteiger partial charge in [0.15, 0.2) is 0 Å². The molecule has 0 aliphatic rings. The first-order valence-electron chi connectivity index (χ1n) is 9.73. The SMILES string of the molecule is CCCOc1ccc([C@H](Nc2ccccn2)c2ccc3cccnc3c2O)cc1. The van der Waals surface area contributed by atoms with Gasteiger partial charge < -0.3 is 15.2 Å². The maximum Gasteiger partial charge on any atom is 0.147 e. The number of nitrogens with zero attached hydrogens (tertiary/aromatic N) is 2. The number of hydrogen-bond donors (Lipinski definition) is 2. The third-order valence-electron chi connectivity index (χ3n) is 4.73. The van der Waals surface area contributed by atoms with E-state index in [-0.39, 0.29) is 11.8 Å². The van der Waals surface area contributed by atoms with Crippen LogP contribution in [0.3, 0.4) is 0 Å². The summed E-state index contributed by atoms with van der Waals surface area (Å²) in [5.41, 5.74) is 2.31. The van der Waals surface area contributed by atoms with E-state index >= 15 is 0 Å². The molecule has 0 saturated heterocycles. The van der Waals surface area contributed by atoms with E-state index in [0.717, 1.165) is 34.5 Å². The average molecular weight is 385 g/mol. The van der Waals surface area contributed by atoms with Gasteiger partial charge in [0.25, 0.3) is 0 Å². The number of phenols is 1. The first kappa shape index (κ1) is 18.7. The van der Waals surface area contributed by atoms with Crippen LogP contribution < -0.4 is 10.1 Å². The number of rotatable bonds is 7. The highest BCUT2D eigenvalue weighted by Gasteiger charge is 2.20. The van der Waals surface area contributed by atoms with Crippen molar-refractivity contribution in [2.24, 2.45) is 0 Å². The molecule has 0 bridgehead atoms. The third-order valence-corrected chi connectivity index (χ3v) is 4.73. The predicted octanol–water partition coefficient (Wildman–Crippen LogP) is 5.33. The minimum absolute atomic E-state index is 0.169. The smallest absolute Gasteiger partial charge is 0.147 e. The van der Waals surface area contributed by atoms with Crippen molar-refractivity contribution in [2.75, 3.05) is 11.9 Å². The third kappa shape index (κ3) is 4.14. The normalized spacial score (nSPS) is 11.9. The second-order valence-electron chi connectivity index (χ2n) is 6.79. The van der Waals surface area contributed by atoms with Crippen molar-refractivity contribution in [1.29, 1.82) is 0 Å². The predicted molar refractivity (Wildman–Crippen MR) is 115 cm³/mol. The average Bonchev–Trinajstić information content (AvgIpc) is 2.78. The van der Waals surface area contributed by atoms with Gasteiger partial charge in [-0.2, -0.15) is 0 Å². The number of aromatic nitrogens is 2. The van der Waals surface area contributed by atoms with Gasteiger partial charge in [0.1, 0.15) is 22.8 Å². The fourth-order valence-corrected chi connectivity index (χ4v) is 3.29. The molecule has 2 aromatic carbocycles. The lowest BCUT2D eigenvalue weighted by Crippen LogP contribution is -2.13. The molecule has 146 valence electrons. The Balaban J connectivity index is 1.75. The second kappa shape index (κ2) is 8.61. The maximum absolute atomic E-state index is 11.0. The van der Waals surface area contributed by atoms with Crippen LogP contribution in [0.1, 0.15) is 30.5 Å². The number of pyridine rings is 2. The number of aromatic hydroxyl groups is 1. The number of nitrogens with one attached hydrogen (secondary N) is 1. The first-order chi connectivity index (χ1) is 14.3. The van der Waals surface area contributed by atoms with Crippen molar-refractivity contribution in [2.45, 2.75) is 19.4 Å². The molecule has 0 aliphatic heterocycles. The molecule has 2 aromatic heterocycles. The van der Waals surface area contributed by atoms with Crippen LogP contribution in [0, 0.1) is 0 Å². The van der Waals surface area contributed by atoms with Gasteiger partial charge in [-0.15, -0.1) is 0 Å². The van der Waals surface area contributed by atoms with Gasteiger partial charge in [-0.1, -0.05) is 43.3 Å². The van der Waals surface area contributed by atoms with E-state index in [1.807, 2.05) is 66.7 Å². The van der Waals surface area contributed by atoms with Crippen molar-refractivity contribution < 1.29 is 9.84 Å². The van der Waals surface area contributed by atoms with Gasteiger partial charge in [-0.05, 0) is 42.3 Å².